The van der Waals surface area contributed by atoms with Crippen LogP contribution in [0.5, 0.6) is 17.4 Å². The highest BCUT2D eigenvalue weighted by atomic mass is 16.5. The van der Waals surface area contributed by atoms with Gasteiger partial charge in [-0.1, -0.05) is 42.0 Å². The van der Waals surface area contributed by atoms with Crippen LogP contribution in [-0.2, 0) is 11.3 Å². The van der Waals surface area contributed by atoms with E-state index < -0.39 is 0 Å². The predicted octanol–water partition coefficient (Wildman–Crippen LogP) is 6.11. The SMILES string of the molecule is COc1cccc(Oc2c(CN(C[C@@H]3CCCO3)C(=O)c3ccc(C)cc3)c(C)nn2-c2ccccc2)c1. The highest BCUT2D eigenvalue weighted by Gasteiger charge is 2.28. The summed E-state index contributed by atoms with van der Waals surface area (Å²) in [5.74, 6) is 1.84. The third-order valence-corrected chi connectivity index (χ3v) is 6.78. The Morgan fingerprint density at radius 1 is 1.03 bits per heavy atom. The van der Waals surface area contributed by atoms with E-state index in [1.165, 1.54) is 0 Å². The van der Waals surface area contributed by atoms with Crippen LogP contribution in [-0.4, -0.2) is 47.0 Å². The van der Waals surface area contributed by atoms with Crippen LogP contribution in [0.1, 0.15) is 40.0 Å². The van der Waals surface area contributed by atoms with Crippen molar-refractivity contribution in [2.24, 2.45) is 0 Å². The van der Waals surface area contributed by atoms with E-state index in [2.05, 4.69) is 0 Å². The van der Waals surface area contributed by atoms with Gasteiger partial charge in [-0.15, -0.1) is 0 Å². The lowest BCUT2D eigenvalue weighted by Gasteiger charge is -2.26. The summed E-state index contributed by atoms with van der Waals surface area (Å²) in [6.45, 7) is 5.54. The highest BCUT2D eigenvalue weighted by molar-refractivity contribution is 5.94. The number of benzene rings is 3. The molecule has 0 saturated carbocycles. The fraction of sp³-hybridized carbons (Fsp3) is 0.290. The Kier molecular flexibility index (Phi) is 7.75. The molecule has 0 bridgehead atoms. The number of hydrogen-bond acceptors (Lipinski definition) is 5. The second-order valence-corrected chi connectivity index (χ2v) is 9.58. The molecule has 7 heteroatoms. The van der Waals surface area contributed by atoms with Crippen LogP contribution < -0.4 is 9.47 Å². The van der Waals surface area contributed by atoms with Crippen LogP contribution in [0, 0.1) is 13.8 Å². The van der Waals surface area contributed by atoms with E-state index in [-0.39, 0.29) is 12.0 Å². The number of carbonyl (C=O) groups excluding carboxylic acids is 1. The molecule has 1 saturated heterocycles. The van der Waals surface area contributed by atoms with Crippen LogP contribution in [0.2, 0.25) is 0 Å². The van der Waals surface area contributed by atoms with Crippen molar-refractivity contribution in [1.29, 1.82) is 0 Å². The fourth-order valence-electron chi connectivity index (χ4n) is 4.67. The maximum absolute atomic E-state index is 13.8. The molecule has 38 heavy (non-hydrogen) atoms. The van der Waals surface area contributed by atoms with Crippen molar-refractivity contribution in [3.8, 4) is 23.1 Å². The van der Waals surface area contributed by atoms with Gasteiger partial charge >= 0.3 is 0 Å². The summed E-state index contributed by atoms with van der Waals surface area (Å²) in [5.41, 5.74) is 4.27. The van der Waals surface area contributed by atoms with E-state index in [9.17, 15) is 4.79 Å². The largest absolute Gasteiger partial charge is 0.497 e. The molecule has 1 amide bonds. The summed E-state index contributed by atoms with van der Waals surface area (Å²) in [6.07, 6.45) is 1.95. The number of hydrogen-bond donors (Lipinski definition) is 0. The molecule has 7 nitrogen and oxygen atoms in total. The van der Waals surface area contributed by atoms with Gasteiger partial charge in [-0.25, -0.2) is 4.68 Å². The average molecular weight is 512 g/mol. The summed E-state index contributed by atoms with van der Waals surface area (Å²) in [5, 5.41) is 4.84. The zero-order chi connectivity index (χ0) is 26.5. The topological polar surface area (TPSA) is 65.8 Å². The number of rotatable bonds is 9. The number of aryl methyl sites for hydroxylation is 2. The van der Waals surface area contributed by atoms with Gasteiger partial charge in [0.1, 0.15) is 11.5 Å². The zero-order valence-corrected chi connectivity index (χ0v) is 22.1. The lowest BCUT2D eigenvalue weighted by molar-refractivity contribution is 0.0505. The van der Waals surface area contributed by atoms with Crippen LogP contribution in [0.3, 0.4) is 0 Å². The second kappa shape index (κ2) is 11.5. The lowest BCUT2D eigenvalue weighted by atomic mass is 10.1. The lowest BCUT2D eigenvalue weighted by Crippen LogP contribution is -2.37. The third kappa shape index (κ3) is 5.73. The molecular formula is C31H33N3O4. The molecule has 196 valence electrons. The van der Waals surface area contributed by atoms with Gasteiger partial charge in [0, 0.05) is 24.8 Å². The Balaban J connectivity index is 1.54. The van der Waals surface area contributed by atoms with Crippen LogP contribution >= 0.6 is 0 Å². The Morgan fingerprint density at radius 2 is 1.79 bits per heavy atom. The number of ether oxygens (including phenoxy) is 3. The van der Waals surface area contributed by atoms with Crippen molar-refractivity contribution in [2.75, 3.05) is 20.3 Å². The average Bonchev–Trinajstić information content (AvgIpc) is 3.57. The number of aromatic nitrogens is 2. The van der Waals surface area contributed by atoms with Crippen LogP contribution in [0.4, 0.5) is 0 Å². The molecule has 5 rings (SSSR count). The molecule has 1 atom stereocenters. The number of para-hydroxylation sites is 1. The van der Waals surface area contributed by atoms with E-state index in [0.29, 0.717) is 36.0 Å². The Bertz CT molecular complexity index is 1380. The number of methoxy groups -OCH3 is 1. The first-order valence-corrected chi connectivity index (χ1v) is 12.9. The third-order valence-electron chi connectivity index (χ3n) is 6.78. The van der Waals surface area contributed by atoms with Gasteiger partial charge in [-0.3, -0.25) is 4.79 Å². The minimum absolute atomic E-state index is 0.0108. The molecule has 4 aromatic rings. The summed E-state index contributed by atoms with van der Waals surface area (Å²) in [7, 11) is 1.63. The van der Waals surface area contributed by atoms with Gasteiger partial charge in [-0.05, 0) is 63.1 Å². The van der Waals surface area contributed by atoms with E-state index in [1.54, 1.807) is 11.8 Å². The van der Waals surface area contributed by atoms with E-state index in [1.807, 2.05) is 97.6 Å². The van der Waals surface area contributed by atoms with Crippen LogP contribution in [0.15, 0.2) is 78.9 Å². The Labute approximate surface area is 223 Å². The second-order valence-electron chi connectivity index (χ2n) is 9.58. The summed E-state index contributed by atoms with van der Waals surface area (Å²) in [4.78, 5) is 15.6. The smallest absolute Gasteiger partial charge is 0.254 e. The first kappa shape index (κ1) is 25.5. The summed E-state index contributed by atoms with van der Waals surface area (Å²) < 4.78 is 19.6. The molecule has 0 unspecified atom stereocenters. The molecule has 0 radical (unpaired) electrons. The highest BCUT2D eigenvalue weighted by Crippen LogP contribution is 2.33. The molecular weight excluding hydrogens is 478 g/mol. The molecule has 0 aliphatic carbocycles. The number of nitrogens with zero attached hydrogens (tertiary/aromatic N) is 3. The summed E-state index contributed by atoms with van der Waals surface area (Å²) in [6, 6.07) is 25.0. The minimum Gasteiger partial charge on any atom is -0.497 e. The number of carbonyl (C=O) groups is 1. The Morgan fingerprint density at radius 3 is 2.50 bits per heavy atom. The van der Waals surface area contributed by atoms with Gasteiger partial charge in [0.15, 0.2) is 0 Å². The van der Waals surface area contributed by atoms with Crippen molar-refractivity contribution in [2.45, 2.75) is 39.3 Å². The van der Waals surface area contributed by atoms with Gasteiger partial charge in [0.25, 0.3) is 5.91 Å². The molecule has 3 aromatic carbocycles. The molecule has 1 aliphatic heterocycles. The quantitative estimate of drug-likeness (QED) is 0.271. The van der Waals surface area contributed by atoms with Gasteiger partial charge in [0.2, 0.25) is 5.88 Å². The first-order chi connectivity index (χ1) is 18.5. The predicted molar refractivity (Wildman–Crippen MR) is 146 cm³/mol. The molecule has 1 aromatic heterocycles. The first-order valence-electron chi connectivity index (χ1n) is 12.9. The van der Waals surface area contributed by atoms with Crippen molar-refractivity contribution in [3.63, 3.8) is 0 Å². The maximum atomic E-state index is 13.8. The molecule has 0 N–H and O–H groups in total. The van der Waals surface area contributed by atoms with Gasteiger partial charge in [0.05, 0.1) is 36.7 Å². The van der Waals surface area contributed by atoms with E-state index >= 15 is 0 Å². The molecule has 2 heterocycles. The normalized spacial score (nSPS) is 14.9. The molecule has 0 spiro atoms. The van der Waals surface area contributed by atoms with Gasteiger partial charge in [-0.2, -0.15) is 5.10 Å². The zero-order valence-electron chi connectivity index (χ0n) is 22.1. The maximum Gasteiger partial charge on any atom is 0.254 e. The monoisotopic (exact) mass is 511 g/mol. The minimum atomic E-state index is -0.0420. The van der Waals surface area contributed by atoms with Crippen molar-refractivity contribution in [1.82, 2.24) is 14.7 Å². The van der Waals surface area contributed by atoms with Crippen molar-refractivity contribution >= 4 is 5.91 Å². The molecule has 1 aliphatic rings. The van der Waals surface area contributed by atoms with E-state index in [0.717, 1.165) is 42.0 Å². The van der Waals surface area contributed by atoms with Crippen molar-refractivity contribution < 1.29 is 19.0 Å². The van der Waals surface area contributed by atoms with Crippen LogP contribution in [0.25, 0.3) is 5.69 Å². The fourth-order valence-corrected chi connectivity index (χ4v) is 4.67. The Hall–Kier alpha value is -4.10. The summed E-state index contributed by atoms with van der Waals surface area (Å²) >= 11 is 0. The van der Waals surface area contributed by atoms with Gasteiger partial charge < -0.3 is 19.1 Å². The van der Waals surface area contributed by atoms with Crippen molar-refractivity contribution in [3.05, 3.63) is 101 Å². The molecule has 1 fully saturated rings. The van der Waals surface area contributed by atoms with E-state index in [4.69, 9.17) is 19.3 Å². The number of amides is 1. The standard InChI is InChI=1S/C31H33N3O4/c1-22-14-16-24(17-15-22)30(35)33(20-28-13-8-18-37-28)21-29-23(2)32-34(25-9-5-4-6-10-25)31(29)38-27-12-7-11-26(19-27)36-3/h4-7,9-12,14-17,19,28H,8,13,18,20-21H2,1-3H3/t28-/m0/s1.